The van der Waals surface area contributed by atoms with Crippen molar-refractivity contribution in [2.45, 2.75) is 44.2 Å². The van der Waals surface area contributed by atoms with Gasteiger partial charge in [0.1, 0.15) is 0 Å². The Kier molecular flexibility index (Phi) is 8.96. The summed E-state index contributed by atoms with van der Waals surface area (Å²) in [7, 11) is -1.42. The monoisotopic (exact) mass is 550 g/mol. The lowest BCUT2D eigenvalue weighted by Gasteiger charge is -2.36. The first kappa shape index (κ1) is 25.4. The number of hydrogen-bond donors (Lipinski definition) is 1. The fraction of sp³-hybridized carbons (Fsp3) is 0.667. The van der Waals surface area contributed by atoms with Crippen LogP contribution in [0.25, 0.3) is 0 Å². The molecule has 2 unspecified atom stereocenters. The van der Waals surface area contributed by atoms with Gasteiger partial charge < -0.3 is 15.0 Å². The van der Waals surface area contributed by atoms with Crippen LogP contribution in [-0.4, -0.2) is 86.7 Å². The molecule has 0 radical (unpaired) electrons. The summed E-state index contributed by atoms with van der Waals surface area (Å²) >= 11 is 0. The van der Waals surface area contributed by atoms with Gasteiger partial charge in [-0.2, -0.15) is 0 Å². The third-order valence-electron chi connectivity index (χ3n) is 5.74. The second-order valence-electron chi connectivity index (χ2n) is 8.74. The molecule has 2 fully saturated rings. The van der Waals surface area contributed by atoms with E-state index in [0.717, 1.165) is 38.7 Å². The summed E-state index contributed by atoms with van der Waals surface area (Å²) in [5.41, 5.74) is 1.31. The average Bonchev–Trinajstić information content (AvgIpc) is 3.10. The summed E-state index contributed by atoms with van der Waals surface area (Å²) in [6.45, 7) is 9.72. The lowest BCUT2D eigenvalue weighted by molar-refractivity contribution is -0.0502. The Morgan fingerprint density at radius 3 is 2.57 bits per heavy atom. The quantitative estimate of drug-likeness (QED) is 0.344. The molecule has 2 aliphatic rings. The first-order valence-electron chi connectivity index (χ1n) is 10.3. The molecule has 0 bridgehead atoms. The van der Waals surface area contributed by atoms with Gasteiger partial charge in [-0.25, -0.2) is 8.42 Å². The summed E-state index contributed by atoms with van der Waals surface area (Å²) in [6.07, 6.45) is 0.143. The number of hydrogen-bond acceptors (Lipinski definition) is 5. The number of nitrogens with zero attached hydrogens (tertiary/aromatic N) is 3. The van der Waals surface area contributed by atoms with Crippen molar-refractivity contribution < 1.29 is 13.2 Å². The molecule has 2 heterocycles. The van der Waals surface area contributed by atoms with Crippen molar-refractivity contribution in [3.05, 3.63) is 35.9 Å². The van der Waals surface area contributed by atoms with Gasteiger partial charge in [0.2, 0.25) is 0 Å². The highest BCUT2D eigenvalue weighted by Crippen LogP contribution is 2.24. The molecule has 2 atom stereocenters. The van der Waals surface area contributed by atoms with E-state index < -0.39 is 14.6 Å². The second-order valence-corrected chi connectivity index (χ2v) is 11.6. The Morgan fingerprint density at radius 2 is 1.93 bits per heavy atom. The minimum Gasteiger partial charge on any atom is -0.373 e. The molecule has 0 aliphatic carbocycles. The van der Waals surface area contributed by atoms with Crippen molar-refractivity contribution in [3.63, 3.8) is 0 Å². The van der Waals surface area contributed by atoms with Crippen molar-refractivity contribution in [1.29, 1.82) is 0 Å². The minimum atomic E-state index is -3.16. The van der Waals surface area contributed by atoms with Crippen LogP contribution in [0.1, 0.15) is 26.3 Å². The smallest absolute Gasteiger partial charge is 0.193 e. The highest BCUT2D eigenvalue weighted by molar-refractivity contribution is 14.0. The highest BCUT2D eigenvalue weighted by atomic mass is 127. The number of benzene rings is 1. The molecular weight excluding hydrogens is 515 g/mol. The van der Waals surface area contributed by atoms with Crippen molar-refractivity contribution in [2.75, 3.05) is 45.6 Å². The highest BCUT2D eigenvalue weighted by Gasteiger charge is 2.41. The number of halogens is 1. The zero-order valence-corrected chi connectivity index (χ0v) is 21.5. The maximum absolute atomic E-state index is 12.3. The molecule has 1 aromatic carbocycles. The molecule has 0 saturated carbocycles. The molecule has 2 aliphatic heterocycles. The number of fused-ring (bicyclic) bond motifs is 1. The number of nitrogens with one attached hydrogen (secondary N) is 1. The molecule has 3 rings (SSSR count). The van der Waals surface area contributed by atoms with E-state index in [1.165, 1.54) is 5.56 Å². The van der Waals surface area contributed by atoms with Gasteiger partial charge >= 0.3 is 0 Å². The van der Waals surface area contributed by atoms with Gasteiger partial charge in [0.05, 0.1) is 29.3 Å². The summed E-state index contributed by atoms with van der Waals surface area (Å²) in [4.78, 5) is 9.05. The van der Waals surface area contributed by atoms with Crippen LogP contribution in [-0.2, 0) is 21.1 Å². The van der Waals surface area contributed by atoms with Crippen LogP contribution in [0.2, 0.25) is 0 Å². The molecule has 0 spiro atoms. The molecule has 170 valence electrons. The van der Waals surface area contributed by atoms with E-state index in [1.807, 2.05) is 6.07 Å². The maximum atomic E-state index is 12.3. The van der Waals surface area contributed by atoms with Crippen LogP contribution in [0.15, 0.2) is 35.3 Å². The average molecular weight is 551 g/mol. The van der Waals surface area contributed by atoms with Gasteiger partial charge in [-0.05, 0) is 26.3 Å². The Morgan fingerprint density at radius 1 is 1.23 bits per heavy atom. The number of morpholine rings is 1. The van der Waals surface area contributed by atoms with Crippen molar-refractivity contribution in [1.82, 2.24) is 15.1 Å². The molecular formula is C21H35IN4O3S. The van der Waals surface area contributed by atoms with E-state index in [2.05, 4.69) is 44.4 Å². The first-order valence-corrected chi connectivity index (χ1v) is 11.9. The van der Waals surface area contributed by atoms with E-state index in [1.54, 1.807) is 27.8 Å². The van der Waals surface area contributed by atoms with Crippen molar-refractivity contribution in [2.24, 2.45) is 4.99 Å². The van der Waals surface area contributed by atoms with Gasteiger partial charge in [-0.15, -0.1) is 24.0 Å². The fourth-order valence-electron chi connectivity index (χ4n) is 3.88. The van der Waals surface area contributed by atoms with Gasteiger partial charge in [-0.1, -0.05) is 30.3 Å². The SMILES string of the molecule is CN=C(NCCS(=O)(=O)C(C)(C)C)N1CC2OCCN(Cc3ccccc3)C2C1.I. The Hall–Kier alpha value is -0.910. The molecule has 7 nitrogen and oxygen atoms in total. The molecule has 0 amide bonds. The third kappa shape index (κ3) is 6.08. The fourth-order valence-corrected chi connectivity index (χ4v) is 4.86. The van der Waals surface area contributed by atoms with Gasteiger partial charge in [0, 0.05) is 39.8 Å². The van der Waals surface area contributed by atoms with Crippen LogP contribution < -0.4 is 5.32 Å². The maximum Gasteiger partial charge on any atom is 0.193 e. The number of guanidine groups is 1. The number of aliphatic imine (C=N–C) groups is 1. The lowest BCUT2D eigenvalue weighted by Crippen LogP contribution is -2.50. The zero-order valence-electron chi connectivity index (χ0n) is 18.4. The number of likely N-dealkylation sites (tertiary alicyclic amines) is 1. The summed E-state index contributed by atoms with van der Waals surface area (Å²) < 4.78 is 30.0. The normalized spacial score (nSPS) is 23.1. The first-order chi connectivity index (χ1) is 13.7. The Bertz CT molecular complexity index is 811. The standard InChI is InChI=1S/C21H34N4O3S.HI/c1-21(2,3)29(26,27)13-10-23-20(22-4)25-15-18-19(16-25)28-12-11-24(18)14-17-8-6-5-7-9-17;/h5-9,18-19H,10-16H2,1-4H3,(H,22,23);1H. The van der Waals surface area contributed by atoms with Crippen molar-refractivity contribution >= 4 is 39.8 Å². The molecule has 0 aromatic heterocycles. The number of sulfone groups is 1. The second kappa shape index (κ2) is 10.6. The molecule has 1 aromatic rings. The molecule has 9 heteroatoms. The number of rotatable bonds is 5. The van der Waals surface area contributed by atoms with Crippen LogP contribution in [0.3, 0.4) is 0 Å². The Labute approximate surface area is 198 Å². The van der Waals surface area contributed by atoms with E-state index >= 15 is 0 Å². The summed E-state index contributed by atoms with van der Waals surface area (Å²) in [5.74, 6) is 0.833. The summed E-state index contributed by atoms with van der Waals surface area (Å²) in [5, 5.41) is 3.24. The predicted octanol–water partition coefficient (Wildman–Crippen LogP) is 1.98. The molecule has 1 N–H and O–H groups in total. The van der Waals surface area contributed by atoms with Crippen molar-refractivity contribution in [3.8, 4) is 0 Å². The summed E-state index contributed by atoms with van der Waals surface area (Å²) in [6, 6.07) is 10.8. The Balaban J connectivity index is 0.00000320. The van der Waals surface area contributed by atoms with Crippen LogP contribution >= 0.6 is 24.0 Å². The zero-order chi connectivity index (χ0) is 21.1. The van der Waals surface area contributed by atoms with E-state index in [-0.39, 0.29) is 35.8 Å². The third-order valence-corrected chi connectivity index (χ3v) is 8.35. The predicted molar refractivity (Wildman–Crippen MR) is 132 cm³/mol. The van der Waals surface area contributed by atoms with Crippen LogP contribution in [0.5, 0.6) is 0 Å². The number of ether oxygens (including phenoxy) is 1. The van der Waals surface area contributed by atoms with Gasteiger partial charge in [0.25, 0.3) is 0 Å². The van der Waals surface area contributed by atoms with Crippen LogP contribution in [0, 0.1) is 0 Å². The largest absolute Gasteiger partial charge is 0.373 e. The lowest BCUT2D eigenvalue weighted by atomic mass is 10.1. The van der Waals surface area contributed by atoms with Gasteiger partial charge in [-0.3, -0.25) is 9.89 Å². The topological polar surface area (TPSA) is 74.2 Å². The van der Waals surface area contributed by atoms with E-state index in [0.29, 0.717) is 12.6 Å². The minimum absolute atomic E-state index is 0. The molecule has 30 heavy (non-hydrogen) atoms. The van der Waals surface area contributed by atoms with E-state index in [9.17, 15) is 8.42 Å². The molecule has 2 saturated heterocycles. The van der Waals surface area contributed by atoms with E-state index in [4.69, 9.17) is 4.74 Å². The van der Waals surface area contributed by atoms with Gasteiger partial charge in [0.15, 0.2) is 15.8 Å². The van der Waals surface area contributed by atoms with Crippen LogP contribution in [0.4, 0.5) is 0 Å².